The second-order valence-corrected chi connectivity index (χ2v) is 5.43. The number of rotatable bonds is 4. The zero-order valence-corrected chi connectivity index (χ0v) is 12.7. The third kappa shape index (κ3) is 3.02. The van der Waals surface area contributed by atoms with Gasteiger partial charge in [-0.25, -0.2) is 0 Å². The summed E-state index contributed by atoms with van der Waals surface area (Å²) < 4.78 is 5.55. The molecule has 0 aliphatic carbocycles. The summed E-state index contributed by atoms with van der Waals surface area (Å²) in [7, 11) is 1.71. The van der Waals surface area contributed by atoms with Crippen molar-refractivity contribution in [1.82, 2.24) is 0 Å². The largest absolute Gasteiger partial charge is 0.496 e. The minimum Gasteiger partial charge on any atom is -0.496 e. The van der Waals surface area contributed by atoms with E-state index in [9.17, 15) is 0 Å². The lowest BCUT2D eigenvalue weighted by atomic mass is 9.95. The maximum Gasteiger partial charge on any atom is 0.126 e. The molecule has 1 atom stereocenters. The fourth-order valence-corrected chi connectivity index (χ4v) is 2.46. The van der Waals surface area contributed by atoms with Crippen LogP contribution in [0.4, 0.5) is 0 Å². The molecule has 2 N–H and O–H groups in total. The normalized spacial score (nSPS) is 12.2. The molecule has 0 saturated carbocycles. The lowest BCUT2D eigenvalue weighted by Crippen LogP contribution is -2.15. The molecular formula is C18H23NO. The predicted molar refractivity (Wildman–Crippen MR) is 84.3 cm³/mol. The Morgan fingerprint density at radius 1 is 1.00 bits per heavy atom. The molecule has 1 unspecified atom stereocenters. The molecule has 2 heteroatoms. The first-order valence-electron chi connectivity index (χ1n) is 6.98. The van der Waals surface area contributed by atoms with Crippen LogP contribution in [0.2, 0.25) is 0 Å². The molecule has 0 aromatic heterocycles. The van der Waals surface area contributed by atoms with Gasteiger partial charge in [-0.05, 0) is 43.9 Å². The third-order valence-electron chi connectivity index (χ3n) is 3.89. The standard InChI is InChI=1S/C18H23NO/c1-12-5-8-15(9-6-12)11-17(19)16-10-7-13(2)14(3)18(16)20-4/h5-10,17H,11,19H2,1-4H3. The Balaban J connectivity index is 2.27. The van der Waals surface area contributed by atoms with Gasteiger partial charge in [0.25, 0.3) is 0 Å². The van der Waals surface area contributed by atoms with Gasteiger partial charge in [-0.15, -0.1) is 0 Å². The van der Waals surface area contributed by atoms with Crippen LogP contribution in [0.25, 0.3) is 0 Å². The van der Waals surface area contributed by atoms with Crippen molar-refractivity contribution in [3.63, 3.8) is 0 Å². The molecule has 0 bridgehead atoms. The number of hydrogen-bond donors (Lipinski definition) is 1. The van der Waals surface area contributed by atoms with Crippen LogP contribution in [0.15, 0.2) is 36.4 Å². The highest BCUT2D eigenvalue weighted by Crippen LogP contribution is 2.31. The van der Waals surface area contributed by atoms with Crippen LogP contribution in [0.3, 0.4) is 0 Å². The molecule has 2 rings (SSSR count). The Hall–Kier alpha value is -1.80. The average molecular weight is 269 g/mol. The summed E-state index contributed by atoms with van der Waals surface area (Å²) in [6, 6.07) is 12.7. The zero-order valence-electron chi connectivity index (χ0n) is 12.7. The molecule has 2 aromatic rings. The molecular weight excluding hydrogens is 246 g/mol. The Morgan fingerprint density at radius 3 is 2.25 bits per heavy atom. The maximum absolute atomic E-state index is 6.38. The van der Waals surface area contributed by atoms with E-state index in [1.54, 1.807) is 7.11 Å². The van der Waals surface area contributed by atoms with E-state index in [0.717, 1.165) is 17.7 Å². The van der Waals surface area contributed by atoms with E-state index in [1.807, 2.05) is 0 Å². The van der Waals surface area contributed by atoms with Crippen LogP contribution in [0.1, 0.15) is 33.9 Å². The van der Waals surface area contributed by atoms with E-state index in [1.165, 1.54) is 22.3 Å². The second-order valence-electron chi connectivity index (χ2n) is 5.43. The summed E-state index contributed by atoms with van der Waals surface area (Å²) in [5.74, 6) is 0.921. The number of ether oxygens (including phenoxy) is 1. The smallest absolute Gasteiger partial charge is 0.126 e. The third-order valence-corrected chi connectivity index (χ3v) is 3.89. The van der Waals surface area contributed by atoms with Crippen LogP contribution in [0, 0.1) is 20.8 Å². The summed E-state index contributed by atoms with van der Waals surface area (Å²) in [6.07, 6.45) is 0.819. The number of benzene rings is 2. The van der Waals surface area contributed by atoms with Gasteiger partial charge < -0.3 is 10.5 Å². The summed E-state index contributed by atoms with van der Waals surface area (Å²) >= 11 is 0. The van der Waals surface area contributed by atoms with Crippen molar-refractivity contribution < 1.29 is 4.74 Å². The topological polar surface area (TPSA) is 35.2 Å². The van der Waals surface area contributed by atoms with Crippen LogP contribution in [0.5, 0.6) is 5.75 Å². The molecule has 2 nitrogen and oxygen atoms in total. The molecule has 20 heavy (non-hydrogen) atoms. The fourth-order valence-electron chi connectivity index (χ4n) is 2.46. The first kappa shape index (κ1) is 14.6. The SMILES string of the molecule is COc1c(C(N)Cc2ccc(C)cc2)ccc(C)c1C. The number of nitrogens with two attached hydrogens (primary N) is 1. The van der Waals surface area contributed by atoms with Crippen molar-refractivity contribution >= 4 is 0 Å². The molecule has 0 radical (unpaired) electrons. The molecule has 2 aromatic carbocycles. The highest BCUT2D eigenvalue weighted by molar-refractivity contribution is 5.47. The minimum atomic E-state index is -0.0491. The van der Waals surface area contributed by atoms with Gasteiger partial charge in [-0.1, -0.05) is 42.0 Å². The lowest BCUT2D eigenvalue weighted by Gasteiger charge is -2.19. The van der Waals surface area contributed by atoms with E-state index in [4.69, 9.17) is 10.5 Å². The van der Waals surface area contributed by atoms with Crippen LogP contribution in [-0.4, -0.2) is 7.11 Å². The Labute approximate surface area is 121 Å². The van der Waals surface area contributed by atoms with E-state index >= 15 is 0 Å². The van der Waals surface area contributed by atoms with Gasteiger partial charge in [0, 0.05) is 11.6 Å². The van der Waals surface area contributed by atoms with Gasteiger partial charge in [0.05, 0.1) is 7.11 Å². The van der Waals surface area contributed by atoms with Crippen LogP contribution >= 0.6 is 0 Å². The molecule has 0 aliphatic heterocycles. The average Bonchev–Trinajstić information content (AvgIpc) is 2.44. The molecule has 0 saturated heterocycles. The quantitative estimate of drug-likeness (QED) is 0.914. The van der Waals surface area contributed by atoms with E-state index in [2.05, 4.69) is 57.2 Å². The maximum atomic E-state index is 6.38. The Morgan fingerprint density at radius 2 is 1.65 bits per heavy atom. The van der Waals surface area contributed by atoms with Crippen molar-refractivity contribution in [2.75, 3.05) is 7.11 Å². The lowest BCUT2D eigenvalue weighted by molar-refractivity contribution is 0.402. The van der Waals surface area contributed by atoms with Crippen molar-refractivity contribution in [3.05, 3.63) is 64.2 Å². The predicted octanol–water partition coefficient (Wildman–Crippen LogP) is 3.86. The van der Waals surface area contributed by atoms with Crippen LogP contribution < -0.4 is 10.5 Å². The molecule has 0 heterocycles. The van der Waals surface area contributed by atoms with Gasteiger partial charge in [0.15, 0.2) is 0 Å². The first-order valence-corrected chi connectivity index (χ1v) is 6.98. The van der Waals surface area contributed by atoms with Gasteiger partial charge in [0.2, 0.25) is 0 Å². The van der Waals surface area contributed by atoms with Gasteiger partial charge >= 0.3 is 0 Å². The second kappa shape index (κ2) is 6.10. The first-order chi connectivity index (χ1) is 9.52. The number of hydrogen-bond acceptors (Lipinski definition) is 2. The summed E-state index contributed by atoms with van der Waals surface area (Å²) in [5.41, 5.74) is 12.4. The Bertz CT molecular complexity index is 587. The van der Waals surface area contributed by atoms with E-state index < -0.39 is 0 Å². The summed E-state index contributed by atoms with van der Waals surface area (Å²) in [5, 5.41) is 0. The molecule has 0 fully saturated rings. The van der Waals surface area contributed by atoms with E-state index in [-0.39, 0.29) is 6.04 Å². The van der Waals surface area contributed by atoms with Crippen molar-refractivity contribution in [3.8, 4) is 5.75 Å². The van der Waals surface area contributed by atoms with Crippen molar-refractivity contribution in [1.29, 1.82) is 0 Å². The highest BCUT2D eigenvalue weighted by atomic mass is 16.5. The Kier molecular flexibility index (Phi) is 4.46. The highest BCUT2D eigenvalue weighted by Gasteiger charge is 2.15. The van der Waals surface area contributed by atoms with Gasteiger partial charge in [-0.3, -0.25) is 0 Å². The summed E-state index contributed by atoms with van der Waals surface area (Å²) in [4.78, 5) is 0. The van der Waals surface area contributed by atoms with Gasteiger partial charge in [0.1, 0.15) is 5.75 Å². The monoisotopic (exact) mass is 269 g/mol. The van der Waals surface area contributed by atoms with Crippen molar-refractivity contribution in [2.24, 2.45) is 5.73 Å². The fraction of sp³-hybridized carbons (Fsp3) is 0.333. The molecule has 0 aliphatic rings. The van der Waals surface area contributed by atoms with Gasteiger partial charge in [-0.2, -0.15) is 0 Å². The summed E-state index contributed by atoms with van der Waals surface area (Å²) in [6.45, 7) is 6.26. The number of aryl methyl sites for hydroxylation is 2. The van der Waals surface area contributed by atoms with Crippen molar-refractivity contribution in [2.45, 2.75) is 33.2 Å². The zero-order chi connectivity index (χ0) is 14.7. The van der Waals surface area contributed by atoms with E-state index in [0.29, 0.717) is 0 Å². The minimum absolute atomic E-state index is 0.0491. The molecule has 106 valence electrons. The number of methoxy groups -OCH3 is 1. The van der Waals surface area contributed by atoms with Crippen LogP contribution in [-0.2, 0) is 6.42 Å². The molecule has 0 spiro atoms. The molecule has 0 amide bonds.